The van der Waals surface area contributed by atoms with Gasteiger partial charge in [-0.2, -0.15) is 0 Å². The van der Waals surface area contributed by atoms with Crippen molar-refractivity contribution >= 4 is 11.6 Å². The van der Waals surface area contributed by atoms with Crippen LogP contribution in [0.3, 0.4) is 0 Å². The summed E-state index contributed by atoms with van der Waals surface area (Å²) in [4.78, 5) is 17.2. The standard InChI is InChI=1S/C20H31N3O/c1-16(2)22-13-9-18(10-14-22)20(24)21-11-5-12-23-15-8-17-6-3-4-7-19(17)23/h3-4,6-7,16,18H,5,8-15H2,1-2H3,(H,21,24). The second-order valence-corrected chi connectivity index (χ2v) is 7.41. The SMILES string of the molecule is CC(C)N1CCC(C(=O)NCCCN2CCc3ccccc32)CC1. The second-order valence-electron chi connectivity index (χ2n) is 7.41. The number of anilines is 1. The molecule has 0 aromatic heterocycles. The number of nitrogens with zero attached hydrogens (tertiary/aromatic N) is 2. The molecule has 1 aromatic carbocycles. The van der Waals surface area contributed by atoms with Crippen LogP contribution in [0.5, 0.6) is 0 Å². The molecule has 4 nitrogen and oxygen atoms in total. The Labute approximate surface area is 146 Å². The van der Waals surface area contributed by atoms with Crippen LogP contribution in [0.1, 0.15) is 38.7 Å². The van der Waals surface area contributed by atoms with E-state index in [1.54, 1.807) is 0 Å². The summed E-state index contributed by atoms with van der Waals surface area (Å²) in [6.07, 6.45) is 4.18. The number of nitrogens with one attached hydrogen (secondary N) is 1. The van der Waals surface area contributed by atoms with Crippen LogP contribution in [0.15, 0.2) is 24.3 Å². The zero-order chi connectivity index (χ0) is 16.9. The molecule has 132 valence electrons. The van der Waals surface area contributed by atoms with Gasteiger partial charge in [-0.15, -0.1) is 0 Å². The monoisotopic (exact) mass is 329 g/mol. The number of amides is 1. The number of likely N-dealkylation sites (tertiary alicyclic amines) is 1. The summed E-state index contributed by atoms with van der Waals surface area (Å²) in [5, 5.41) is 3.16. The summed E-state index contributed by atoms with van der Waals surface area (Å²) in [7, 11) is 0. The van der Waals surface area contributed by atoms with Gasteiger partial charge in [0, 0.05) is 37.3 Å². The van der Waals surface area contributed by atoms with Crippen molar-refractivity contribution in [1.29, 1.82) is 0 Å². The summed E-state index contributed by atoms with van der Waals surface area (Å²) >= 11 is 0. The van der Waals surface area contributed by atoms with E-state index in [0.717, 1.165) is 58.4 Å². The molecule has 24 heavy (non-hydrogen) atoms. The van der Waals surface area contributed by atoms with Crippen molar-refractivity contribution in [3.8, 4) is 0 Å². The third-order valence-corrected chi connectivity index (χ3v) is 5.52. The Bertz CT molecular complexity index is 550. The Hall–Kier alpha value is -1.55. The van der Waals surface area contributed by atoms with Crippen molar-refractivity contribution in [2.45, 2.75) is 45.6 Å². The summed E-state index contributed by atoms with van der Waals surface area (Å²) in [5.74, 6) is 0.479. The average Bonchev–Trinajstić information content (AvgIpc) is 3.02. The molecule has 1 aromatic rings. The highest BCUT2D eigenvalue weighted by atomic mass is 16.1. The largest absolute Gasteiger partial charge is 0.371 e. The van der Waals surface area contributed by atoms with Crippen molar-refractivity contribution in [1.82, 2.24) is 10.2 Å². The van der Waals surface area contributed by atoms with Crippen molar-refractivity contribution in [2.75, 3.05) is 37.6 Å². The summed E-state index contributed by atoms with van der Waals surface area (Å²) in [6.45, 7) is 9.51. The van der Waals surface area contributed by atoms with Gasteiger partial charge in [0.05, 0.1) is 0 Å². The first kappa shape index (κ1) is 17.3. The minimum Gasteiger partial charge on any atom is -0.371 e. The Morgan fingerprint density at radius 1 is 1.21 bits per heavy atom. The molecule has 0 saturated carbocycles. The molecule has 0 radical (unpaired) electrons. The predicted molar refractivity (Wildman–Crippen MR) is 99.4 cm³/mol. The molecule has 0 bridgehead atoms. The molecule has 2 aliphatic rings. The Balaban J connectivity index is 1.35. The van der Waals surface area contributed by atoms with Gasteiger partial charge in [0.25, 0.3) is 0 Å². The fraction of sp³-hybridized carbons (Fsp3) is 0.650. The van der Waals surface area contributed by atoms with E-state index in [4.69, 9.17) is 0 Å². The molecule has 1 N–H and O–H groups in total. The van der Waals surface area contributed by atoms with Crippen LogP contribution in [-0.2, 0) is 11.2 Å². The first-order chi connectivity index (χ1) is 11.6. The number of fused-ring (bicyclic) bond motifs is 1. The molecule has 4 heteroatoms. The number of hydrogen-bond acceptors (Lipinski definition) is 3. The molecular weight excluding hydrogens is 298 g/mol. The van der Waals surface area contributed by atoms with Crippen LogP contribution in [0, 0.1) is 5.92 Å². The van der Waals surface area contributed by atoms with Crippen molar-refractivity contribution in [2.24, 2.45) is 5.92 Å². The number of benzene rings is 1. The maximum atomic E-state index is 12.3. The van der Waals surface area contributed by atoms with E-state index in [1.807, 2.05) is 0 Å². The fourth-order valence-electron chi connectivity index (χ4n) is 3.94. The number of carbonyl (C=O) groups excluding carboxylic acids is 1. The molecule has 1 fully saturated rings. The summed E-state index contributed by atoms with van der Waals surface area (Å²) < 4.78 is 0. The third kappa shape index (κ3) is 4.10. The number of para-hydroxylation sites is 1. The van der Waals surface area contributed by atoms with Gasteiger partial charge < -0.3 is 15.1 Å². The highest BCUT2D eigenvalue weighted by Gasteiger charge is 2.25. The number of carbonyl (C=O) groups is 1. The Morgan fingerprint density at radius 2 is 1.96 bits per heavy atom. The van der Waals surface area contributed by atoms with E-state index >= 15 is 0 Å². The van der Waals surface area contributed by atoms with Gasteiger partial charge in [0.1, 0.15) is 0 Å². The molecule has 0 spiro atoms. The molecule has 3 rings (SSSR count). The minimum absolute atomic E-state index is 0.215. The van der Waals surface area contributed by atoms with E-state index in [0.29, 0.717) is 6.04 Å². The molecule has 0 unspecified atom stereocenters. The third-order valence-electron chi connectivity index (χ3n) is 5.52. The van der Waals surface area contributed by atoms with E-state index < -0.39 is 0 Å². The van der Waals surface area contributed by atoms with Gasteiger partial charge in [-0.25, -0.2) is 0 Å². The molecule has 1 saturated heterocycles. The highest BCUT2D eigenvalue weighted by molar-refractivity contribution is 5.78. The quantitative estimate of drug-likeness (QED) is 0.815. The Morgan fingerprint density at radius 3 is 2.71 bits per heavy atom. The van der Waals surface area contributed by atoms with Crippen LogP contribution in [0.4, 0.5) is 5.69 Å². The van der Waals surface area contributed by atoms with E-state index in [9.17, 15) is 4.79 Å². The van der Waals surface area contributed by atoms with E-state index in [1.165, 1.54) is 11.3 Å². The first-order valence-electron chi connectivity index (χ1n) is 9.50. The first-order valence-corrected chi connectivity index (χ1v) is 9.50. The lowest BCUT2D eigenvalue weighted by atomic mass is 9.95. The number of piperidine rings is 1. The fourth-order valence-corrected chi connectivity index (χ4v) is 3.94. The second kappa shape index (κ2) is 8.02. The van der Waals surface area contributed by atoms with Crippen LogP contribution < -0.4 is 10.2 Å². The molecule has 1 amide bonds. The van der Waals surface area contributed by atoms with Gasteiger partial charge in [-0.1, -0.05) is 18.2 Å². The van der Waals surface area contributed by atoms with Crippen LogP contribution in [0.2, 0.25) is 0 Å². The number of rotatable bonds is 6. The maximum Gasteiger partial charge on any atom is 0.223 e. The lowest BCUT2D eigenvalue weighted by molar-refractivity contribution is -0.126. The van der Waals surface area contributed by atoms with E-state index in [-0.39, 0.29) is 11.8 Å². The number of hydrogen-bond donors (Lipinski definition) is 1. The van der Waals surface area contributed by atoms with Crippen molar-refractivity contribution < 1.29 is 4.79 Å². The summed E-state index contributed by atoms with van der Waals surface area (Å²) in [5.41, 5.74) is 2.84. The van der Waals surface area contributed by atoms with E-state index in [2.05, 4.69) is 53.2 Å². The van der Waals surface area contributed by atoms with Gasteiger partial charge >= 0.3 is 0 Å². The molecule has 0 aliphatic carbocycles. The minimum atomic E-state index is 0.215. The normalized spacial score (nSPS) is 18.9. The lowest BCUT2D eigenvalue weighted by Crippen LogP contribution is -2.43. The van der Waals surface area contributed by atoms with Crippen molar-refractivity contribution in [3.05, 3.63) is 29.8 Å². The molecule has 2 aliphatic heterocycles. The topological polar surface area (TPSA) is 35.6 Å². The predicted octanol–water partition coefficient (Wildman–Crippen LogP) is 2.68. The lowest BCUT2D eigenvalue weighted by Gasteiger charge is -2.34. The average molecular weight is 329 g/mol. The van der Waals surface area contributed by atoms with Crippen LogP contribution >= 0.6 is 0 Å². The zero-order valence-corrected chi connectivity index (χ0v) is 15.1. The van der Waals surface area contributed by atoms with Crippen molar-refractivity contribution in [3.63, 3.8) is 0 Å². The maximum absolute atomic E-state index is 12.3. The highest BCUT2D eigenvalue weighted by Crippen LogP contribution is 2.27. The zero-order valence-electron chi connectivity index (χ0n) is 15.1. The molecule has 0 atom stereocenters. The summed E-state index contributed by atoms with van der Waals surface area (Å²) in [6, 6.07) is 9.26. The van der Waals surface area contributed by atoms with Crippen LogP contribution in [0.25, 0.3) is 0 Å². The Kier molecular flexibility index (Phi) is 5.77. The van der Waals surface area contributed by atoms with Gasteiger partial charge in [0.2, 0.25) is 5.91 Å². The van der Waals surface area contributed by atoms with Gasteiger partial charge in [-0.3, -0.25) is 4.79 Å². The molecule has 2 heterocycles. The van der Waals surface area contributed by atoms with Crippen LogP contribution in [-0.4, -0.2) is 49.6 Å². The van der Waals surface area contributed by atoms with Gasteiger partial charge in [-0.05, 0) is 64.3 Å². The molecular formula is C20H31N3O. The van der Waals surface area contributed by atoms with Gasteiger partial charge in [0.15, 0.2) is 0 Å². The smallest absolute Gasteiger partial charge is 0.223 e.